The predicted octanol–water partition coefficient (Wildman–Crippen LogP) is 2.11. The number of imidazole rings is 1. The van der Waals surface area contributed by atoms with E-state index in [4.69, 9.17) is 0 Å². The monoisotopic (exact) mass is 284 g/mol. The third-order valence-corrected chi connectivity index (χ3v) is 3.82. The second kappa shape index (κ2) is 6.54. The molecule has 0 radical (unpaired) electrons. The number of rotatable bonds is 3. The van der Waals surface area contributed by atoms with Crippen molar-refractivity contribution in [3.8, 4) is 0 Å². The van der Waals surface area contributed by atoms with Gasteiger partial charge >= 0.3 is 6.03 Å². The molecule has 2 heterocycles. The van der Waals surface area contributed by atoms with Gasteiger partial charge in [-0.05, 0) is 24.9 Å². The third kappa shape index (κ3) is 3.70. The summed E-state index contributed by atoms with van der Waals surface area (Å²) in [5, 5.41) is 3.08. The first kappa shape index (κ1) is 13.8. The number of nitrogens with one attached hydrogen (secondary N) is 1. The number of hydrogen-bond acceptors (Lipinski definition) is 3. The average molecular weight is 284 g/mol. The highest BCUT2D eigenvalue weighted by atomic mass is 16.2. The van der Waals surface area contributed by atoms with Crippen molar-refractivity contribution in [1.29, 1.82) is 0 Å². The van der Waals surface area contributed by atoms with Gasteiger partial charge in [0.25, 0.3) is 0 Å². The van der Waals surface area contributed by atoms with Crippen LogP contribution in [0.3, 0.4) is 0 Å². The number of amides is 1. The first-order valence-corrected chi connectivity index (χ1v) is 7.36. The number of benzene rings is 1. The van der Waals surface area contributed by atoms with E-state index < -0.39 is 0 Å². The number of hydrogen-bond donors (Lipinski definition) is 1. The molecule has 1 N–H and O–H groups in total. The van der Waals surface area contributed by atoms with Gasteiger partial charge in [-0.2, -0.15) is 0 Å². The fraction of sp³-hybridized carbons (Fsp3) is 0.375. The van der Waals surface area contributed by atoms with Crippen LogP contribution in [-0.4, -0.2) is 39.6 Å². The van der Waals surface area contributed by atoms with Gasteiger partial charge in [0, 0.05) is 31.5 Å². The second-order valence-corrected chi connectivity index (χ2v) is 5.48. The summed E-state index contributed by atoms with van der Waals surface area (Å²) in [7, 11) is 0. The predicted molar refractivity (Wildman–Crippen MR) is 80.9 cm³/mol. The van der Waals surface area contributed by atoms with Crippen LogP contribution in [0.25, 0.3) is 0 Å². The molecule has 1 aliphatic heterocycles. The fourth-order valence-corrected chi connectivity index (χ4v) is 2.79. The lowest BCUT2D eigenvalue weighted by molar-refractivity contribution is 0.180. The minimum Gasteiger partial charge on any atom is -0.333 e. The maximum absolute atomic E-state index is 12.0. The van der Waals surface area contributed by atoms with Crippen LogP contribution in [0.4, 0.5) is 4.79 Å². The van der Waals surface area contributed by atoms with Gasteiger partial charge in [0.15, 0.2) is 0 Å². The number of nitrogens with zero attached hydrogens (tertiary/aromatic N) is 3. The summed E-state index contributed by atoms with van der Waals surface area (Å²) >= 11 is 0. The minimum absolute atomic E-state index is 0.0981. The zero-order valence-corrected chi connectivity index (χ0v) is 12.0. The highest BCUT2D eigenvalue weighted by molar-refractivity contribution is 5.76. The SMILES string of the molecule is O=C(NC1CCCN(Cc2ccccc2)C1)n1ccnc1. The molecule has 1 amide bonds. The molecule has 3 rings (SSSR count). The lowest BCUT2D eigenvalue weighted by Crippen LogP contribution is -2.48. The topological polar surface area (TPSA) is 50.2 Å². The van der Waals surface area contributed by atoms with Gasteiger partial charge in [0.2, 0.25) is 0 Å². The van der Waals surface area contributed by atoms with Crippen molar-refractivity contribution in [3.63, 3.8) is 0 Å². The normalized spacial score (nSPS) is 19.3. The standard InChI is InChI=1S/C16H20N4O/c21-16(20-10-8-17-13-20)18-15-7-4-9-19(12-15)11-14-5-2-1-3-6-14/h1-3,5-6,8,10,13,15H,4,7,9,11-12H2,(H,18,21). The number of carbonyl (C=O) groups excluding carboxylic acids is 1. The summed E-state index contributed by atoms with van der Waals surface area (Å²) in [5.41, 5.74) is 1.32. The first-order valence-electron chi connectivity index (χ1n) is 7.36. The van der Waals surface area contributed by atoms with Crippen LogP contribution in [0.1, 0.15) is 18.4 Å². The smallest absolute Gasteiger partial charge is 0.327 e. The molecule has 0 saturated carbocycles. The molecular formula is C16H20N4O. The third-order valence-electron chi connectivity index (χ3n) is 3.82. The molecule has 0 spiro atoms. The lowest BCUT2D eigenvalue weighted by atomic mass is 10.0. The molecule has 1 saturated heterocycles. The van der Waals surface area contributed by atoms with Crippen LogP contribution < -0.4 is 5.32 Å². The van der Waals surface area contributed by atoms with Crippen LogP contribution >= 0.6 is 0 Å². The molecule has 1 aromatic heterocycles. The summed E-state index contributed by atoms with van der Waals surface area (Å²) in [6, 6.07) is 10.6. The summed E-state index contributed by atoms with van der Waals surface area (Å²) in [6.07, 6.45) is 6.95. The van der Waals surface area contributed by atoms with Gasteiger partial charge in [-0.3, -0.25) is 9.47 Å². The van der Waals surface area contributed by atoms with Crippen LogP contribution in [0.5, 0.6) is 0 Å². The molecule has 1 aliphatic rings. The number of piperidine rings is 1. The highest BCUT2D eigenvalue weighted by Crippen LogP contribution is 2.13. The zero-order valence-electron chi connectivity index (χ0n) is 12.0. The molecule has 1 unspecified atom stereocenters. The van der Waals surface area contributed by atoms with Gasteiger partial charge < -0.3 is 5.32 Å². The van der Waals surface area contributed by atoms with Crippen molar-refractivity contribution in [2.75, 3.05) is 13.1 Å². The Morgan fingerprint density at radius 3 is 2.95 bits per heavy atom. The van der Waals surface area contributed by atoms with E-state index in [1.807, 2.05) is 6.07 Å². The summed E-state index contributed by atoms with van der Waals surface area (Å²) in [4.78, 5) is 18.3. The molecule has 1 fully saturated rings. The summed E-state index contributed by atoms with van der Waals surface area (Å²) < 4.78 is 1.48. The highest BCUT2D eigenvalue weighted by Gasteiger charge is 2.21. The van der Waals surface area contributed by atoms with Gasteiger partial charge in [-0.15, -0.1) is 0 Å². The molecule has 5 nitrogen and oxygen atoms in total. The molecule has 5 heteroatoms. The van der Waals surface area contributed by atoms with Crippen molar-refractivity contribution in [1.82, 2.24) is 19.8 Å². The lowest BCUT2D eigenvalue weighted by Gasteiger charge is -2.33. The van der Waals surface area contributed by atoms with Gasteiger partial charge in [0.1, 0.15) is 6.33 Å². The van der Waals surface area contributed by atoms with E-state index in [1.165, 1.54) is 16.5 Å². The average Bonchev–Trinajstić information content (AvgIpc) is 3.03. The van der Waals surface area contributed by atoms with Crippen molar-refractivity contribution in [3.05, 3.63) is 54.6 Å². The molecule has 2 aromatic rings. The van der Waals surface area contributed by atoms with Crippen molar-refractivity contribution in [2.24, 2.45) is 0 Å². The van der Waals surface area contributed by atoms with Crippen molar-refractivity contribution >= 4 is 6.03 Å². The van der Waals surface area contributed by atoms with Crippen LogP contribution in [-0.2, 0) is 6.54 Å². The van der Waals surface area contributed by atoms with E-state index in [0.717, 1.165) is 32.5 Å². The summed E-state index contributed by atoms with van der Waals surface area (Å²) in [5.74, 6) is 0. The molecular weight excluding hydrogens is 264 g/mol. The van der Waals surface area contributed by atoms with E-state index in [1.54, 1.807) is 12.4 Å². The Balaban J connectivity index is 1.55. The molecule has 0 aliphatic carbocycles. The maximum atomic E-state index is 12.0. The van der Waals surface area contributed by atoms with Crippen molar-refractivity contribution in [2.45, 2.75) is 25.4 Å². The molecule has 21 heavy (non-hydrogen) atoms. The quantitative estimate of drug-likeness (QED) is 0.939. The molecule has 110 valence electrons. The largest absolute Gasteiger partial charge is 0.333 e. The Labute approximate surface area is 124 Å². The van der Waals surface area contributed by atoms with E-state index in [-0.39, 0.29) is 12.1 Å². The van der Waals surface area contributed by atoms with E-state index in [2.05, 4.69) is 39.5 Å². The Kier molecular flexibility index (Phi) is 4.31. The molecule has 1 atom stereocenters. The first-order chi connectivity index (χ1) is 10.3. The van der Waals surface area contributed by atoms with E-state index in [0.29, 0.717) is 0 Å². The van der Waals surface area contributed by atoms with Gasteiger partial charge in [-0.1, -0.05) is 30.3 Å². The summed E-state index contributed by atoms with van der Waals surface area (Å²) in [6.45, 7) is 2.93. The Morgan fingerprint density at radius 2 is 2.19 bits per heavy atom. The van der Waals surface area contributed by atoms with Crippen LogP contribution in [0, 0.1) is 0 Å². The fourth-order valence-electron chi connectivity index (χ4n) is 2.79. The molecule has 0 bridgehead atoms. The Hall–Kier alpha value is -2.14. The van der Waals surface area contributed by atoms with E-state index in [9.17, 15) is 4.79 Å². The maximum Gasteiger partial charge on any atom is 0.327 e. The molecule has 1 aromatic carbocycles. The number of likely N-dealkylation sites (tertiary alicyclic amines) is 1. The van der Waals surface area contributed by atoms with Gasteiger partial charge in [0.05, 0.1) is 0 Å². The Bertz CT molecular complexity index is 567. The number of carbonyl (C=O) groups is 1. The van der Waals surface area contributed by atoms with Crippen molar-refractivity contribution < 1.29 is 4.79 Å². The zero-order chi connectivity index (χ0) is 14.5. The second-order valence-electron chi connectivity index (χ2n) is 5.48. The number of aromatic nitrogens is 2. The minimum atomic E-state index is -0.0981. The van der Waals surface area contributed by atoms with E-state index >= 15 is 0 Å². The van der Waals surface area contributed by atoms with Crippen LogP contribution in [0.15, 0.2) is 49.1 Å². The van der Waals surface area contributed by atoms with Gasteiger partial charge in [-0.25, -0.2) is 9.78 Å². The van der Waals surface area contributed by atoms with Crippen LogP contribution in [0.2, 0.25) is 0 Å². The Morgan fingerprint density at radius 1 is 1.33 bits per heavy atom.